The molecule has 0 saturated heterocycles. The van der Waals surface area contributed by atoms with E-state index in [9.17, 15) is 15.2 Å². The van der Waals surface area contributed by atoms with Gasteiger partial charge in [-0.1, -0.05) is 32.0 Å². The van der Waals surface area contributed by atoms with Crippen LogP contribution in [-0.2, 0) is 11.8 Å². The Balaban J connectivity index is 1.86. The Kier molecular flexibility index (Phi) is 9.07. The van der Waals surface area contributed by atoms with Gasteiger partial charge in [0.05, 0.1) is 12.7 Å². The molecule has 0 aliphatic carbocycles. The number of benzene rings is 2. The molecule has 0 aliphatic heterocycles. The van der Waals surface area contributed by atoms with Gasteiger partial charge in [0, 0.05) is 43.8 Å². The van der Waals surface area contributed by atoms with Crippen molar-refractivity contribution in [2.24, 2.45) is 7.05 Å². The number of aromatic nitrogens is 1. The number of aliphatic hydroxyl groups excluding tert-OH is 2. The fourth-order valence-electron chi connectivity index (χ4n) is 4.13. The largest absolute Gasteiger partial charge is 0.394 e. The molecule has 1 amide bonds. The Hall–Kier alpha value is -3.60. The van der Waals surface area contributed by atoms with E-state index in [-0.39, 0.29) is 12.1 Å². The van der Waals surface area contributed by atoms with Gasteiger partial charge in [-0.15, -0.1) is 0 Å². The Morgan fingerprint density at radius 1 is 1.11 bits per heavy atom. The average molecular weight is 475 g/mol. The van der Waals surface area contributed by atoms with Crippen LogP contribution in [0.3, 0.4) is 0 Å². The Morgan fingerprint density at radius 2 is 1.80 bits per heavy atom. The highest BCUT2D eigenvalue weighted by molar-refractivity contribution is 6.01. The van der Waals surface area contributed by atoms with E-state index in [1.807, 2.05) is 29.8 Å². The summed E-state index contributed by atoms with van der Waals surface area (Å²) in [5.74, 6) is -0.593. The molecule has 184 valence electrons. The summed E-state index contributed by atoms with van der Waals surface area (Å²) < 4.78 is 1.94. The fourth-order valence-corrected chi connectivity index (χ4v) is 4.13. The molecule has 2 aromatic carbocycles. The monoisotopic (exact) mass is 474 g/mol. The molecule has 0 fully saturated rings. The lowest BCUT2D eigenvalue weighted by Crippen LogP contribution is -2.34. The third-order valence-corrected chi connectivity index (χ3v) is 6.00. The highest BCUT2D eigenvalue weighted by atomic mass is 16.3. The molecule has 3 rings (SSSR count). The van der Waals surface area contributed by atoms with Gasteiger partial charge >= 0.3 is 0 Å². The summed E-state index contributed by atoms with van der Waals surface area (Å²) in [5.41, 5.74) is 3.89. The van der Waals surface area contributed by atoms with E-state index in [0.717, 1.165) is 42.6 Å². The van der Waals surface area contributed by atoms with E-state index in [1.165, 1.54) is 17.1 Å². The van der Waals surface area contributed by atoms with Crippen LogP contribution in [0.1, 0.15) is 32.4 Å². The second kappa shape index (κ2) is 12.2. The van der Waals surface area contributed by atoms with Crippen LogP contribution in [0, 0.1) is 11.3 Å². The highest BCUT2D eigenvalue weighted by Crippen LogP contribution is 2.29. The van der Waals surface area contributed by atoms with Crippen LogP contribution in [-0.4, -0.2) is 53.0 Å². The lowest BCUT2D eigenvalue weighted by Gasteiger charge is -2.24. The van der Waals surface area contributed by atoms with Gasteiger partial charge in [-0.3, -0.25) is 4.79 Å². The van der Waals surface area contributed by atoms with Gasteiger partial charge in [0.15, 0.2) is 0 Å². The minimum absolute atomic E-state index is 0.0716. The van der Waals surface area contributed by atoms with Crippen molar-refractivity contribution in [3.63, 3.8) is 0 Å². The first-order chi connectivity index (χ1) is 16.9. The first-order valence-electron chi connectivity index (χ1n) is 12.1. The molecule has 1 heterocycles. The molecule has 0 aliphatic rings. The van der Waals surface area contributed by atoms with E-state index >= 15 is 0 Å². The molecule has 7 heteroatoms. The minimum Gasteiger partial charge on any atom is -0.394 e. The maximum Gasteiger partial charge on any atom is 0.262 e. The van der Waals surface area contributed by atoms with Crippen LogP contribution in [0.4, 0.5) is 5.69 Å². The molecule has 3 N–H and O–H groups in total. The zero-order chi connectivity index (χ0) is 25.4. The van der Waals surface area contributed by atoms with Gasteiger partial charge in [-0.2, -0.15) is 5.26 Å². The summed E-state index contributed by atoms with van der Waals surface area (Å²) in [6.07, 6.45) is 2.68. The predicted octanol–water partition coefficient (Wildman–Crippen LogP) is 3.85. The lowest BCUT2D eigenvalue weighted by atomic mass is 10.0. The van der Waals surface area contributed by atoms with Crippen molar-refractivity contribution in [1.82, 2.24) is 9.88 Å². The smallest absolute Gasteiger partial charge is 0.262 e. The molecular formula is C28H34N4O3. The van der Waals surface area contributed by atoms with Gasteiger partial charge in [-0.05, 0) is 65.6 Å². The van der Waals surface area contributed by atoms with Crippen molar-refractivity contribution >= 4 is 28.4 Å². The molecule has 0 saturated carbocycles. The summed E-state index contributed by atoms with van der Waals surface area (Å²) in [4.78, 5) is 14.7. The number of nitriles is 1. The lowest BCUT2D eigenvalue weighted by molar-refractivity contribution is -0.117. The van der Waals surface area contributed by atoms with Gasteiger partial charge in [-0.25, -0.2) is 0 Å². The number of aliphatic hydroxyl groups is 2. The van der Waals surface area contributed by atoms with Crippen molar-refractivity contribution in [2.75, 3.05) is 31.1 Å². The zero-order valence-corrected chi connectivity index (χ0v) is 20.7. The summed E-state index contributed by atoms with van der Waals surface area (Å²) >= 11 is 0. The fraction of sp³-hybridized carbons (Fsp3) is 0.357. The van der Waals surface area contributed by atoms with Crippen molar-refractivity contribution in [2.45, 2.75) is 32.8 Å². The van der Waals surface area contributed by atoms with E-state index < -0.39 is 18.6 Å². The van der Waals surface area contributed by atoms with Crippen LogP contribution < -0.4 is 10.2 Å². The Labute approximate surface area is 206 Å². The maximum atomic E-state index is 12.3. The number of hydrogen-bond donors (Lipinski definition) is 3. The first-order valence-corrected chi connectivity index (χ1v) is 12.1. The number of carbonyl (C=O) groups excluding carboxylic acids is 1. The van der Waals surface area contributed by atoms with Gasteiger partial charge in [0.25, 0.3) is 5.91 Å². The third kappa shape index (κ3) is 6.30. The Bertz CT molecular complexity index is 1230. The molecule has 1 aromatic heterocycles. The highest BCUT2D eigenvalue weighted by Gasteiger charge is 2.14. The van der Waals surface area contributed by atoms with E-state index in [4.69, 9.17) is 5.11 Å². The number of rotatable bonds is 11. The van der Waals surface area contributed by atoms with E-state index in [2.05, 4.69) is 60.5 Å². The Morgan fingerprint density at radius 3 is 2.46 bits per heavy atom. The number of hydrogen-bond acceptors (Lipinski definition) is 5. The SMILES string of the molecule is CCCN(CCC)c1ccc2cc(-c3ccc(C=C(C#N)C(=O)NCC(O)CO)n3C)ccc2c1. The average Bonchev–Trinajstić information content (AvgIpc) is 3.24. The standard InChI is InChI=1S/C28H34N4O3/c1-4-12-32(13-5-2)25-9-8-20-14-22(7-6-21(20)15-25)27-11-10-24(31(27)3)16-23(17-29)28(35)30-18-26(34)19-33/h6-11,14-16,26,33-34H,4-5,12-13,18-19H2,1-3H3,(H,30,35). The molecule has 3 aromatic rings. The zero-order valence-electron chi connectivity index (χ0n) is 20.7. The first kappa shape index (κ1) is 26.0. The summed E-state index contributed by atoms with van der Waals surface area (Å²) in [7, 11) is 1.89. The number of nitrogens with zero attached hydrogens (tertiary/aromatic N) is 3. The minimum atomic E-state index is -1.06. The van der Waals surface area contributed by atoms with Crippen molar-refractivity contribution in [1.29, 1.82) is 5.26 Å². The molecular weight excluding hydrogens is 440 g/mol. The van der Waals surface area contributed by atoms with Crippen LogP contribution in [0.5, 0.6) is 0 Å². The molecule has 0 bridgehead atoms. The van der Waals surface area contributed by atoms with Gasteiger partial charge in [0.1, 0.15) is 11.6 Å². The number of anilines is 1. The molecule has 0 radical (unpaired) electrons. The second-order valence-corrected chi connectivity index (χ2v) is 8.65. The number of carbonyl (C=O) groups is 1. The molecule has 1 unspecified atom stereocenters. The van der Waals surface area contributed by atoms with Gasteiger partial charge < -0.3 is 25.0 Å². The van der Waals surface area contributed by atoms with Gasteiger partial charge in [0.2, 0.25) is 0 Å². The third-order valence-electron chi connectivity index (χ3n) is 6.00. The topological polar surface area (TPSA) is 102 Å². The normalized spacial score (nSPS) is 12.4. The molecule has 1 atom stereocenters. The van der Waals surface area contributed by atoms with Crippen LogP contribution >= 0.6 is 0 Å². The maximum absolute atomic E-state index is 12.3. The quantitative estimate of drug-likeness (QED) is 0.289. The summed E-state index contributed by atoms with van der Waals surface area (Å²) in [5, 5.41) is 32.5. The number of fused-ring (bicyclic) bond motifs is 1. The van der Waals surface area contributed by atoms with E-state index in [1.54, 1.807) is 0 Å². The molecule has 0 spiro atoms. The van der Waals surface area contributed by atoms with Crippen molar-refractivity contribution in [3.8, 4) is 17.3 Å². The molecule has 7 nitrogen and oxygen atoms in total. The predicted molar refractivity (Wildman–Crippen MR) is 141 cm³/mol. The van der Waals surface area contributed by atoms with Crippen LogP contribution in [0.15, 0.2) is 54.1 Å². The molecule has 35 heavy (non-hydrogen) atoms. The summed E-state index contributed by atoms with van der Waals surface area (Å²) in [6, 6.07) is 18.7. The van der Waals surface area contributed by atoms with Crippen LogP contribution in [0.25, 0.3) is 28.1 Å². The number of amides is 1. The second-order valence-electron chi connectivity index (χ2n) is 8.65. The van der Waals surface area contributed by atoms with E-state index in [0.29, 0.717) is 5.69 Å². The van der Waals surface area contributed by atoms with Crippen LogP contribution in [0.2, 0.25) is 0 Å². The van der Waals surface area contributed by atoms with Crippen molar-refractivity contribution in [3.05, 3.63) is 59.8 Å². The number of nitrogens with one attached hydrogen (secondary N) is 1. The summed E-state index contributed by atoms with van der Waals surface area (Å²) in [6.45, 7) is 5.90. The van der Waals surface area contributed by atoms with Crippen molar-refractivity contribution < 1.29 is 15.0 Å².